The highest BCUT2D eigenvalue weighted by Gasteiger charge is 2.08. The van der Waals surface area contributed by atoms with Gasteiger partial charge in [-0.3, -0.25) is 4.79 Å². The van der Waals surface area contributed by atoms with E-state index in [1.54, 1.807) is 12.1 Å². The summed E-state index contributed by atoms with van der Waals surface area (Å²) in [5.41, 5.74) is 4.17. The summed E-state index contributed by atoms with van der Waals surface area (Å²) < 4.78 is 0. The molecular weight excluding hydrogens is 326 g/mol. The molecule has 0 saturated carbocycles. The summed E-state index contributed by atoms with van der Waals surface area (Å²) in [5, 5.41) is 0.650. The zero-order valence-corrected chi connectivity index (χ0v) is 14.3. The quantitative estimate of drug-likeness (QED) is 0.191. The van der Waals surface area contributed by atoms with Gasteiger partial charge in [-0.1, -0.05) is 48.5 Å². The Kier molecular flexibility index (Phi) is 6.29. The van der Waals surface area contributed by atoms with Crippen LogP contribution in [0.1, 0.15) is 22.3 Å². The number of hydrogen-bond acceptors (Lipinski definition) is 3. The van der Waals surface area contributed by atoms with E-state index in [-0.39, 0.29) is 6.61 Å². The maximum atomic E-state index is 12.0. The number of aryl methyl sites for hydroxylation is 2. The van der Waals surface area contributed by atoms with Crippen LogP contribution in [0.5, 0.6) is 0 Å². The van der Waals surface area contributed by atoms with E-state index >= 15 is 0 Å². The minimum atomic E-state index is -0.478. The number of aliphatic imine (C=N–C) groups is 1. The maximum absolute atomic E-state index is 12.0. The van der Waals surface area contributed by atoms with Crippen molar-refractivity contribution >= 4 is 29.5 Å². The van der Waals surface area contributed by atoms with Crippen molar-refractivity contribution in [3.8, 4) is 0 Å². The van der Waals surface area contributed by atoms with Gasteiger partial charge in [-0.15, -0.1) is 0 Å². The molecule has 2 rings (SSSR count). The lowest BCUT2D eigenvalue weighted by atomic mass is 10.0. The van der Waals surface area contributed by atoms with Gasteiger partial charge in [0, 0.05) is 10.6 Å². The van der Waals surface area contributed by atoms with Gasteiger partial charge in [0.2, 0.25) is 6.40 Å². The normalized spacial score (nSPS) is 10.8. The summed E-state index contributed by atoms with van der Waals surface area (Å²) in [4.78, 5) is 25.4. The first kappa shape index (κ1) is 17.9. The molecule has 0 aliphatic rings. The summed E-state index contributed by atoms with van der Waals surface area (Å²) in [5.74, 6) is -0.478. The third-order valence-electron chi connectivity index (χ3n) is 3.53. The molecule has 2 aromatic rings. The predicted octanol–water partition coefficient (Wildman–Crippen LogP) is 4.67. The number of nitrogens with zero attached hydrogens (tertiary/aromatic N) is 1. The molecule has 0 saturated heterocycles. The van der Waals surface area contributed by atoms with E-state index in [4.69, 9.17) is 21.4 Å². The first-order valence-corrected chi connectivity index (χ1v) is 7.71. The average Bonchev–Trinajstić information content (AvgIpc) is 2.58. The topological polar surface area (TPSA) is 47.9 Å². The Labute approximate surface area is 146 Å². The molecule has 2 aromatic carbocycles. The van der Waals surface area contributed by atoms with Crippen LogP contribution >= 0.6 is 11.6 Å². The largest absolute Gasteiger partial charge is 0.325 e. The molecular formula is C19H18ClNO3. The van der Waals surface area contributed by atoms with E-state index in [1.807, 2.05) is 44.2 Å². The molecule has 0 unspecified atom stereocenters. The van der Waals surface area contributed by atoms with E-state index < -0.39 is 5.91 Å². The second-order valence-corrected chi connectivity index (χ2v) is 5.74. The van der Waals surface area contributed by atoms with Crippen molar-refractivity contribution in [2.24, 2.45) is 4.99 Å². The van der Waals surface area contributed by atoms with Crippen LogP contribution in [-0.2, 0) is 21.2 Å². The minimum Gasteiger partial charge on any atom is -0.325 e. The van der Waals surface area contributed by atoms with E-state index in [1.165, 1.54) is 0 Å². The van der Waals surface area contributed by atoms with Crippen molar-refractivity contribution in [2.75, 3.05) is 0 Å². The Hall–Kier alpha value is -2.43. The van der Waals surface area contributed by atoms with Crippen molar-refractivity contribution < 1.29 is 14.6 Å². The van der Waals surface area contributed by atoms with Crippen molar-refractivity contribution in [1.82, 2.24) is 0 Å². The molecule has 124 valence electrons. The third-order valence-corrected chi connectivity index (χ3v) is 3.79. The second-order valence-electron chi connectivity index (χ2n) is 5.30. The molecule has 24 heavy (non-hydrogen) atoms. The maximum Gasteiger partial charge on any atom is 0.279 e. The highest BCUT2D eigenvalue weighted by Crippen LogP contribution is 2.18. The second kappa shape index (κ2) is 8.43. The Morgan fingerprint density at radius 2 is 1.88 bits per heavy atom. The first-order chi connectivity index (χ1) is 11.5. The number of benzene rings is 2. The average molecular weight is 344 g/mol. The van der Waals surface area contributed by atoms with Gasteiger partial charge in [0.1, 0.15) is 6.61 Å². The molecule has 0 spiro atoms. The molecule has 0 atom stereocenters. The van der Waals surface area contributed by atoms with Gasteiger partial charge < -0.3 is 4.89 Å². The van der Waals surface area contributed by atoms with Gasteiger partial charge in [-0.25, -0.2) is 0 Å². The van der Waals surface area contributed by atoms with E-state index in [2.05, 4.69) is 11.6 Å². The summed E-state index contributed by atoms with van der Waals surface area (Å²) in [6.07, 6.45) is 0.963. The van der Waals surface area contributed by atoms with Crippen LogP contribution in [0.25, 0.3) is 5.57 Å². The smallest absolute Gasteiger partial charge is 0.279 e. The zero-order valence-electron chi connectivity index (χ0n) is 13.6. The molecule has 0 aliphatic heterocycles. The van der Waals surface area contributed by atoms with Gasteiger partial charge >= 0.3 is 0 Å². The van der Waals surface area contributed by atoms with Crippen molar-refractivity contribution in [3.63, 3.8) is 0 Å². The first-order valence-electron chi connectivity index (χ1n) is 7.33. The molecule has 4 nitrogen and oxygen atoms in total. The van der Waals surface area contributed by atoms with Crippen molar-refractivity contribution in [2.45, 2.75) is 20.5 Å². The Morgan fingerprint density at radius 1 is 1.17 bits per heavy atom. The summed E-state index contributed by atoms with van der Waals surface area (Å²) >= 11 is 5.79. The Balaban J connectivity index is 1.82. The summed E-state index contributed by atoms with van der Waals surface area (Å²) in [6, 6.07) is 12.8. The fraction of sp³-hybridized carbons (Fsp3) is 0.158. The number of carbonyl (C=O) groups excluding carboxylic acids is 1. The van der Waals surface area contributed by atoms with Crippen LogP contribution in [-0.4, -0.2) is 12.3 Å². The number of rotatable bonds is 6. The van der Waals surface area contributed by atoms with Crippen LogP contribution < -0.4 is 0 Å². The number of carbonyl (C=O) groups is 1. The molecule has 0 aliphatic carbocycles. The van der Waals surface area contributed by atoms with Crippen LogP contribution in [0, 0.1) is 13.8 Å². The fourth-order valence-corrected chi connectivity index (χ4v) is 2.04. The number of hydrogen-bond donors (Lipinski definition) is 0. The van der Waals surface area contributed by atoms with Gasteiger partial charge in [-0.05, 0) is 48.2 Å². The lowest BCUT2D eigenvalue weighted by Crippen LogP contribution is -2.00. The highest BCUT2D eigenvalue weighted by molar-refractivity contribution is 6.30. The standard InChI is InChI=1S/C19H18ClNO3/c1-13-4-7-17(10-14(13)2)15(3)19(22)21-12-24-23-11-16-5-8-18(20)9-6-16/h4-10,12H,3,11H2,1-2H3. The lowest BCUT2D eigenvalue weighted by Gasteiger charge is -2.05. The van der Waals surface area contributed by atoms with Gasteiger partial charge in [0.05, 0.1) is 0 Å². The number of halogens is 1. The van der Waals surface area contributed by atoms with Crippen LogP contribution in [0.2, 0.25) is 5.02 Å². The molecule has 5 heteroatoms. The van der Waals surface area contributed by atoms with Crippen LogP contribution in [0.3, 0.4) is 0 Å². The molecule has 0 fully saturated rings. The van der Waals surface area contributed by atoms with E-state index in [0.29, 0.717) is 10.6 Å². The predicted molar refractivity (Wildman–Crippen MR) is 95.8 cm³/mol. The van der Waals surface area contributed by atoms with E-state index in [0.717, 1.165) is 28.7 Å². The highest BCUT2D eigenvalue weighted by atomic mass is 35.5. The fourth-order valence-electron chi connectivity index (χ4n) is 1.91. The molecule has 0 radical (unpaired) electrons. The van der Waals surface area contributed by atoms with E-state index in [9.17, 15) is 4.79 Å². The van der Waals surface area contributed by atoms with Crippen molar-refractivity contribution in [3.05, 3.63) is 76.3 Å². The van der Waals surface area contributed by atoms with Crippen molar-refractivity contribution in [1.29, 1.82) is 0 Å². The Morgan fingerprint density at radius 3 is 2.54 bits per heavy atom. The Bertz CT molecular complexity index is 767. The molecule has 0 bridgehead atoms. The van der Waals surface area contributed by atoms with Gasteiger partial charge in [0.15, 0.2) is 0 Å². The lowest BCUT2D eigenvalue weighted by molar-refractivity contribution is -0.227. The molecule has 1 amide bonds. The minimum absolute atomic E-state index is 0.218. The van der Waals surface area contributed by atoms with Gasteiger partial charge in [0.25, 0.3) is 5.91 Å². The van der Waals surface area contributed by atoms with Crippen LogP contribution in [0.4, 0.5) is 0 Å². The zero-order chi connectivity index (χ0) is 17.5. The van der Waals surface area contributed by atoms with Crippen LogP contribution in [0.15, 0.2) is 54.0 Å². The summed E-state index contributed by atoms with van der Waals surface area (Å²) in [6.45, 7) is 7.98. The third kappa shape index (κ3) is 5.05. The molecule has 0 heterocycles. The molecule has 0 aromatic heterocycles. The SMILES string of the molecule is C=C(C(=O)N=COOCc1ccc(Cl)cc1)c1ccc(C)c(C)c1. The number of amides is 1. The van der Waals surface area contributed by atoms with Gasteiger partial charge in [-0.2, -0.15) is 9.88 Å². The monoisotopic (exact) mass is 343 g/mol. The molecule has 0 N–H and O–H groups in total. The summed E-state index contributed by atoms with van der Waals surface area (Å²) in [7, 11) is 0.